The number of benzene rings is 1. The molecule has 2 N–H and O–H groups in total. The van der Waals surface area contributed by atoms with Gasteiger partial charge in [-0.2, -0.15) is 0 Å². The van der Waals surface area contributed by atoms with Crippen molar-refractivity contribution in [3.05, 3.63) is 35.5 Å². The summed E-state index contributed by atoms with van der Waals surface area (Å²) in [6, 6.07) is 1.03. The van der Waals surface area contributed by atoms with Crippen LogP contribution in [0, 0.1) is 0 Å². The normalized spacial score (nSPS) is 35.6. The first-order valence-electron chi connectivity index (χ1n) is 13.7. The number of nitrogens with one attached hydrogen (secondary N) is 2. The first-order valence-corrected chi connectivity index (χ1v) is 5.85. The lowest BCUT2D eigenvalue weighted by Crippen LogP contribution is -2.28. The zero-order valence-electron chi connectivity index (χ0n) is 26.5. The van der Waals surface area contributed by atoms with Crippen LogP contribution in [-0.4, -0.2) is 49.0 Å². The third-order valence-corrected chi connectivity index (χ3v) is 2.72. The van der Waals surface area contributed by atoms with E-state index in [4.69, 9.17) is 22.0 Å². The van der Waals surface area contributed by atoms with Gasteiger partial charge in [0.2, 0.25) is 0 Å². The Labute approximate surface area is 146 Å². The van der Waals surface area contributed by atoms with Crippen molar-refractivity contribution in [3.63, 3.8) is 0 Å². The lowest BCUT2D eigenvalue weighted by Gasteiger charge is -2.09. The Hall–Kier alpha value is -2.01. The molecule has 0 aliphatic carbocycles. The predicted molar refractivity (Wildman–Crippen MR) is 82.5 cm³/mol. The topological polar surface area (TPSA) is 57.4 Å². The Morgan fingerprint density at radius 3 is 3.29 bits per heavy atom. The first kappa shape index (κ1) is 4.49. The smallest absolute Gasteiger partial charge is 0.407 e. The molecule has 0 bridgehead atoms. The van der Waals surface area contributed by atoms with Gasteiger partial charge in [-0.05, 0) is 50.0 Å². The highest BCUT2D eigenvalue weighted by molar-refractivity contribution is 5.84. The predicted octanol–water partition coefficient (Wildman–Crippen LogP) is 1.92. The lowest BCUT2D eigenvalue weighted by molar-refractivity contribution is 0.177. The summed E-state index contributed by atoms with van der Waals surface area (Å²) in [4.78, 5) is 11.7. The van der Waals surface area contributed by atoms with E-state index in [9.17, 15) is 4.79 Å². The molecule has 112 valence electrons. The molecule has 1 aromatic carbocycles. The van der Waals surface area contributed by atoms with Crippen LogP contribution in [0.15, 0.2) is 24.4 Å². The molecule has 1 fully saturated rings. The van der Waals surface area contributed by atoms with E-state index in [0.29, 0.717) is 4.98 Å². The molecule has 0 saturated carbocycles. The van der Waals surface area contributed by atoms with Crippen molar-refractivity contribution in [2.24, 2.45) is 0 Å². The lowest BCUT2D eigenvalue weighted by atomic mass is 10.0. The van der Waals surface area contributed by atoms with Crippen LogP contribution in [0.4, 0.5) is 4.79 Å². The van der Waals surface area contributed by atoms with Crippen molar-refractivity contribution in [1.82, 2.24) is 15.2 Å². The highest BCUT2D eigenvalue weighted by atomic mass is 16.6. The van der Waals surface area contributed by atoms with E-state index in [1.165, 1.54) is 0 Å². The highest BCUT2D eigenvalue weighted by Crippen LogP contribution is 2.21. The van der Waals surface area contributed by atoms with Crippen LogP contribution in [0.5, 0.6) is 0 Å². The zero-order valence-corrected chi connectivity index (χ0v) is 10.5. The average Bonchev–Trinajstić information content (AvgIpc) is 3.11. The highest BCUT2D eigenvalue weighted by Gasteiger charge is 2.22. The van der Waals surface area contributed by atoms with Gasteiger partial charge >= 0.3 is 6.09 Å². The molecule has 5 nitrogen and oxygen atoms in total. The minimum atomic E-state index is -3.71. The third-order valence-electron chi connectivity index (χ3n) is 2.72. The van der Waals surface area contributed by atoms with Crippen molar-refractivity contribution >= 4 is 17.0 Å². The Morgan fingerprint density at radius 1 is 1.62 bits per heavy atom. The van der Waals surface area contributed by atoms with Gasteiger partial charge in [-0.25, -0.2) is 4.79 Å². The fourth-order valence-corrected chi connectivity index (χ4v) is 1.86. The summed E-state index contributed by atoms with van der Waals surface area (Å²) in [6.45, 7) is -13.9. The largest absolute Gasteiger partial charge is 0.447 e. The summed E-state index contributed by atoms with van der Waals surface area (Å²) in [5.74, 6) is 0. The molecule has 0 radical (unpaired) electrons. The number of hydrogen-bond acceptors (Lipinski definition) is 3. The summed E-state index contributed by atoms with van der Waals surface area (Å²) >= 11 is 0. The van der Waals surface area contributed by atoms with Gasteiger partial charge in [-0.1, -0.05) is 6.07 Å². The minimum absolute atomic E-state index is 0.0246. The molecular formula is C16H21N3O2. The number of carbonyl (C=O) groups is 1. The van der Waals surface area contributed by atoms with Crippen LogP contribution in [0.2, 0.25) is 2.82 Å². The van der Waals surface area contributed by atoms with E-state index in [1.807, 2.05) is 0 Å². The van der Waals surface area contributed by atoms with Crippen molar-refractivity contribution in [2.75, 3.05) is 27.0 Å². The van der Waals surface area contributed by atoms with Crippen molar-refractivity contribution in [2.45, 2.75) is 18.8 Å². The number of aromatic amines is 1. The van der Waals surface area contributed by atoms with Gasteiger partial charge in [-0.15, -0.1) is 0 Å². The summed E-state index contributed by atoms with van der Waals surface area (Å²) < 4.78 is 131. The van der Waals surface area contributed by atoms with Crippen LogP contribution >= 0.6 is 0 Å². The Balaban J connectivity index is 2.23. The van der Waals surface area contributed by atoms with Gasteiger partial charge in [0.05, 0.1) is 8.78 Å². The van der Waals surface area contributed by atoms with Gasteiger partial charge in [0.15, 0.2) is 2.82 Å². The van der Waals surface area contributed by atoms with Crippen LogP contribution in [-0.2, 0) is 17.5 Å². The van der Waals surface area contributed by atoms with E-state index < -0.39 is 67.9 Å². The van der Waals surface area contributed by atoms with E-state index in [0.717, 1.165) is 24.4 Å². The maximum Gasteiger partial charge on any atom is 0.407 e. The van der Waals surface area contributed by atoms with E-state index in [-0.39, 0.29) is 16.2 Å². The number of ether oxygens (including phenoxy) is 1. The number of fused-ring (bicyclic) bond motifs is 1. The molecule has 1 saturated heterocycles. The Bertz CT molecular complexity index is 1200. The third kappa shape index (κ3) is 3.19. The quantitative estimate of drug-likeness (QED) is 0.887. The number of hydrogen-bond donors (Lipinski definition) is 2. The first-order chi connectivity index (χ1) is 16.4. The number of alkyl carbamates (subject to hydrolysis) is 1. The number of likely N-dealkylation sites (N-methyl/N-ethyl adjacent to an activating group) is 1. The molecule has 5 heteroatoms. The Kier molecular flexibility index (Phi) is 1.23. The van der Waals surface area contributed by atoms with E-state index in [1.54, 1.807) is 0 Å². The van der Waals surface area contributed by atoms with Crippen molar-refractivity contribution < 1.29 is 31.5 Å². The van der Waals surface area contributed by atoms with Crippen LogP contribution in [0.3, 0.4) is 0 Å². The number of aryl methyl sites for hydroxylation is 1. The fourth-order valence-electron chi connectivity index (χ4n) is 1.86. The number of aromatic nitrogens is 1. The monoisotopic (exact) mass is 303 g/mol. The molecule has 1 atom stereocenters. The molecule has 3 rings (SSSR count). The zero-order chi connectivity index (χ0) is 28.7. The second kappa shape index (κ2) is 5.77. The van der Waals surface area contributed by atoms with Gasteiger partial charge in [-0.3, -0.25) is 0 Å². The fraction of sp³-hybridized carbons (Fsp3) is 0.438. The summed E-state index contributed by atoms with van der Waals surface area (Å²) in [7, 11) is 0. The summed E-state index contributed by atoms with van der Waals surface area (Å²) in [6.07, 6.45) is -6.91. The molecule has 0 spiro atoms. The molecule has 2 heterocycles. The molecule has 1 aromatic heterocycles. The second-order valence-electron chi connectivity index (χ2n) is 4.14. The number of amides is 1. The van der Waals surface area contributed by atoms with Crippen LogP contribution < -0.4 is 5.31 Å². The number of rotatable bonds is 5. The molecule has 21 heavy (non-hydrogen) atoms. The van der Waals surface area contributed by atoms with Gasteiger partial charge in [0.1, 0.15) is 6.56 Å². The van der Waals surface area contributed by atoms with E-state index in [2.05, 4.69) is 4.74 Å². The summed E-state index contributed by atoms with van der Waals surface area (Å²) in [5.41, 5.74) is -1.20. The number of carbonyl (C=O) groups excluding carboxylic acids is 1. The van der Waals surface area contributed by atoms with Crippen molar-refractivity contribution in [1.29, 1.82) is 0 Å². The molecule has 2 aromatic rings. The maximum atomic E-state index is 11.7. The standard InChI is InChI=1S/C16H21N3O2/c1-19(2)6-5-12-9-17-15-4-3-11(8-14(12)15)7-13-10-21-16(20)18-13/h3-4,8-9,13,17H,5-7,10H2,1-2H3,(H,18,20)/t13-/m0/s1/i1D3,2D3,5D2,6D2,7D2,10D2/hD2. The average molecular weight is 303 g/mol. The molecule has 0 unspecified atom stereocenters. The van der Waals surface area contributed by atoms with Gasteiger partial charge < -0.3 is 19.9 Å². The van der Waals surface area contributed by atoms with Crippen molar-refractivity contribution in [3.8, 4) is 0 Å². The number of H-pyrrole nitrogens is 1. The van der Waals surface area contributed by atoms with Gasteiger partial charge in [0, 0.05) is 40.0 Å². The molecular weight excluding hydrogens is 266 g/mol. The SMILES string of the molecule is [2H]N1C(=O)OC([2H])([2H])[C@@H]1C([2H])([2H])c1ccc2c(c1)c(C([2H])([2H])C([2H])([2H])N(C([2H])([2H])[2H])C([2H])([2H])[2H])cn2[2H]. The number of nitrogens with zero attached hydrogens (tertiary/aromatic N) is 1. The Morgan fingerprint density at radius 2 is 2.52 bits per heavy atom. The minimum Gasteiger partial charge on any atom is -0.447 e. The van der Waals surface area contributed by atoms with Crippen LogP contribution in [0.25, 0.3) is 10.9 Å². The summed E-state index contributed by atoms with van der Waals surface area (Å²) in [5, 5.41) is -0.341. The molecule has 1 aliphatic rings. The second-order valence-corrected chi connectivity index (χ2v) is 4.14. The van der Waals surface area contributed by atoms with Gasteiger partial charge in [0.25, 0.3) is 0 Å². The number of cyclic esters (lactones) is 1. The van der Waals surface area contributed by atoms with Crippen LogP contribution in [0.1, 0.15) is 30.3 Å². The molecule has 1 aliphatic heterocycles. The molecule has 1 amide bonds. The van der Waals surface area contributed by atoms with E-state index >= 15 is 0 Å². The maximum absolute atomic E-state index is 11.7.